The van der Waals surface area contributed by atoms with Gasteiger partial charge in [-0.1, -0.05) is 23.8 Å². The minimum absolute atomic E-state index is 0.155. The molecule has 1 aliphatic heterocycles. The van der Waals surface area contributed by atoms with Gasteiger partial charge in [0.1, 0.15) is 0 Å². The van der Waals surface area contributed by atoms with Crippen molar-refractivity contribution in [2.24, 2.45) is 11.7 Å². The number of aryl methyl sites for hydroxylation is 2. The molecule has 1 aliphatic rings. The summed E-state index contributed by atoms with van der Waals surface area (Å²) in [4.78, 5) is 13.1. The van der Waals surface area contributed by atoms with Gasteiger partial charge >= 0.3 is 5.97 Å². The van der Waals surface area contributed by atoms with Crippen molar-refractivity contribution in [2.45, 2.75) is 45.7 Å². The molecular weight excluding hydrogens is 264 g/mol. The normalized spacial score (nSPS) is 23.2. The summed E-state index contributed by atoms with van der Waals surface area (Å²) in [5.74, 6) is -0.315. The summed E-state index contributed by atoms with van der Waals surface area (Å²) >= 11 is 0. The summed E-state index contributed by atoms with van der Waals surface area (Å²) in [6.45, 7) is 7.01. The van der Waals surface area contributed by atoms with Gasteiger partial charge < -0.3 is 10.8 Å². The topological polar surface area (TPSA) is 66.6 Å². The molecule has 1 saturated heterocycles. The molecule has 1 heterocycles. The highest BCUT2D eigenvalue weighted by Crippen LogP contribution is 2.23. The van der Waals surface area contributed by atoms with E-state index >= 15 is 0 Å². The van der Waals surface area contributed by atoms with Crippen LogP contribution < -0.4 is 5.73 Å². The van der Waals surface area contributed by atoms with Crippen LogP contribution in [-0.4, -0.2) is 35.1 Å². The molecule has 2 atom stereocenters. The van der Waals surface area contributed by atoms with Gasteiger partial charge in [-0.25, -0.2) is 0 Å². The number of hydrogen-bond acceptors (Lipinski definition) is 3. The first-order valence-corrected chi connectivity index (χ1v) is 7.70. The van der Waals surface area contributed by atoms with Crippen LogP contribution in [0.25, 0.3) is 0 Å². The fourth-order valence-electron chi connectivity index (χ4n) is 3.23. The molecular formula is C17H26N2O2. The highest BCUT2D eigenvalue weighted by Gasteiger charge is 2.25. The molecule has 2 unspecified atom stereocenters. The van der Waals surface area contributed by atoms with E-state index in [-0.39, 0.29) is 12.5 Å². The number of piperidine rings is 1. The van der Waals surface area contributed by atoms with E-state index in [1.54, 1.807) is 0 Å². The van der Waals surface area contributed by atoms with E-state index in [0.717, 1.165) is 32.5 Å². The zero-order valence-corrected chi connectivity index (χ0v) is 13.0. The van der Waals surface area contributed by atoms with Crippen LogP contribution >= 0.6 is 0 Å². The Bertz CT molecular complexity index is 502. The van der Waals surface area contributed by atoms with Crippen molar-refractivity contribution in [3.8, 4) is 0 Å². The maximum atomic E-state index is 10.7. The number of hydrogen-bond donors (Lipinski definition) is 2. The lowest BCUT2D eigenvalue weighted by atomic mass is 9.90. The first-order valence-electron chi connectivity index (χ1n) is 7.70. The largest absolute Gasteiger partial charge is 0.481 e. The Kier molecular flexibility index (Phi) is 5.37. The summed E-state index contributed by atoms with van der Waals surface area (Å²) in [5.41, 5.74) is 10.1. The first-order chi connectivity index (χ1) is 9.94. The van der Waals surface area contributed by atoms with E-state index in [1.165, 1.54) is 16.7 Å². The molecule has 1 aromatic carbocycles. The molecule has 0 aliphatic carbocycles. The number of aliphatic carboxylic acids is 1. The van der Waals surface area contributed by atoms with Gasteiger partial charge in [-0.3, -0.25) is 9.69 Å². The number of benzene rings is 1. The second-order valence-electron chi connectivity index (χ2n) is 6.42. The fraction of sp³-hybridized carbons (Fsp3) is 0.588. The van der Waals surface area contributed by atoms with Crippen LogP contribution in [0, 0.1) is 19.8 Å². The van der Waals surface area contributed by atoms with Crippen molar-refractivity contribution in [1.82, 2.24) is 4.90 Å². The molecule has 0 amide bonds. The van der Waals surface area contributed by atoms with E-state index in [0.29, 0.717) is 5.92 Å². The number of carboxylic acids is 1. The van der Waals surface area contributed by atoms with E-state index in [4.69, 9.17) is 10.8 Å². The monoisotopic (exact) mass is 290 g/mol. The van der Waals surface area contributed by atoms with Crippen LogP contribution in [0.4, 0.5) is 0 Å². The molecule has 116 valence electrons. The lowest BCUT2D eigenvalue weighted by Crippen LogP contribution is -2.46. The van der Waals surface area contributed by atoms with Gasteiger partial charge in [-0.2, -0.15) is 0 Å². The van der Waals surface area contributed by atoms with Crippen molar-refractivity contribution >= 4 is 5.97 Å². The molecule has 4 nitrogen and oxygen atoms in total. The number of nitrogens with two attached hydrogens (primary N) is 1. The first kappa shape index (κ1) is 16.0. The lowest BCUT2D eigenvalue weighted by molar-refractivity contribution is -0.137. The average molecular weight is 290 g/mol. The third-order valence-electron chi connectivity index (χ3n) is 4.31. The van der Waals surface area contributed by atoms with Gasteiger partial charge in [0.15, 0.2) is 0 Å². The zero-order valence-electron chi connectivity index (χ0n) is 13.0. The zero-order chi connectivity index (χ0) is 15.4. The molecule has 1 aromatic rings. The standard InChI is InChI=1S/C17H26N2O2/c1-12-3-4-13(2)15(7-12)10-19-9-14(5-6-17(20)21)8-16(18)11-19/h3-4,7,14,16H,5-6,8-11,18H2,1-2H3,(H,20,21). The van der Waals surface area contributed by atoms with Crippen molar-refractivity contribution in [2.75, 3.05) is 13.1 Å². The smallest absolute Gasteiger partial charge is 0.303 e. The van der Waals surface area contributed by atoms with Gasteiger partial charge in [0, 0.05) is 32.1 Å². The predicted octanol–water partition coefficient (Wildman–Crippen LogP) is 2.32. The van der Waals surface area contributed by atoms with E-state index in [1.807, 2.05) is 0 Å². The molecule has 21 heavy (non-hydrogen) atoms. The van der Waals surface area contributed by atoms with E-state index in [2.05, 4.69) is 36.9 Å². The van der Waals surface area contributed by atoms with Gasteiger partial charge in [0.2, 0.25) is 0 Å². The summed E-state index contributed by atoms with van der Waals surface area (Å²) in [7, 11) is 0. The molecule has 0 bridgehead atoms. The Morgan fingerprint density at radius 1 is 1.38 bits per heavy atom. The number of rotatable bonds is 5. The summed E-state index contributed by atoms with van der Waals surface area (Å²) in [6.07, 6.45) is 1.91. The van der Waals surface area contributed by atoms with Crippen LogP contribution in [0.1, 0.15) is 36.0 Å². The van der Waals surface area contributed by atoms with Gasteiger partial charge in [-0.05, 0) is 43.7 Å². The lowest BCUT2D eigenvalue weighted by Gasteiger charge is -2.36. The quantitative estimate of drug-likeness (QED) is 0.873. The van der Waals surface area contributed by atoms with Gasteiger partial charge in [0.25, 0.3) is 0 Å². The van der Waals surface area contributed by atoms with E-state index in [9.17, 15) is 4.79 Å². The Balaban J connectivity index is 1.98. The predicted molar refractivity (Wildman–Crippen MR) is 84.1 cm³/mol. The summed E-state index contributed by atoms with van der Waals surface area (Å²) in [6, 6.07) is 6.69. The third-order valence-corrected chi connectivity index (χ3v) is 4.31. The Labute approximate surface area is 126 Å². The number of carboxylic acid groups (broad SMARTS) is 1. The molecule has 0 spiro atoms. The number of likely N-dealkylation sites (tertiary alicyclic amines) is 1. The Morgan fingerprint density at radius 2 is 2.14 bits per heavy atom. The summed E-state index contributed by atoms with van der Waals surface area (Å²) in [5, 5.41) is 8.83. The number of nitrogens with zero attached hydrogens (tertiary/aromatic N) is 1. The fourth-order valence-corrected chi connectivity index (χ4v) is 3.23. The second-order valence-corrected chi connectivity index (χ2v) is 6.42. The summed E-state index contributed by atoms with van der Waals surface area (Å²) < 4.78 is 0. The SMILES string of the molecule is Cc1ccc(C)c(CN2CC(N)CC(CCC(=O)O)C2)c1. The molecule has 3 N–H and O–H groups in total. The molecule has 0 aromatic heterocycles. The maximum absolute atomic E-state index is 10.7. The van der Waals surface area contributed by atoms with Crippen LogP contribution in [0.15, 0.2) is 18.2 Å². The minimum Gasteiger partial charge on any atom is -0.481 e. The average Bonchev–Trinajstić information content (AvgIpc) is 2.40. The Hall–Kier alpha value is -1.39. The molecule has 0 saturated carbocycles. The van der Waals surface area contributed by atoms with Crippen molar-refractivity contribution < 1.29 is 9.90 Å². The van der Waals surface area contributed by atoms with Crippen LogP contribution in [0.2, 0.25) is 0 Å². The number of carbonyl (C=O) groups is 1. The van der Waals surface area contributed by atoms with Crippen molar-refractivity contribution in [3.05, 3.63) is 34.9 Å². The maximum Gasteiger partial charge on any atom is 0.303 e. The van der Waals surface area contributed by atoms with Crippen LogP contribution in [0.3, 0.4) is 0 Å². The van der Waals surface area contributed by atoms with Crippen LogP contribution in [-0.2, 0) is 11.3 Å². The molecule has 1 fully saturated rings. The van der Waals surface area contributed by atoms with Crippen molar-refractivity contribution in [1.29, 1.82) is 0 Å². The van der Waals surface area contributed by atoms with Gasteiger partial charge in [-0.15, -0.1) is 0 Å². The highest BCUT2D eigenvalue weighted by atomic mass is 16.4. The highest BCUT2D eigenvalue weighted by molar-refractivity contribution is 5.66. The molecule has 2 rings (SSSR count). The Morgan fingerprint density at radius 3 is 2.86 bits per heavy atom. The van der Waals surface area contributed by atoms with Crippen molar-refractivity contribution in [3.63, 3.8) is 0 Å². The second kappa shape index (κ2) is 7.05. The van der Waals surface area contributed by atoms with Crippen LogP contribution in [0.5, 0.6) is 0 Å². The van der Waals surface area contributed by atoms with Gasteiger partial charge in [0.05, 0.1) is 0 Å². The molecule has 0 radical (unpaired) electrons. The minimum atomic E-state index is -0.713. The van der Waals surface area contributed by atoms with E-state index < -0.39 is 5.97 Å². The molecule has 4 heteroatoms. The third kappa shape index (κ3) is 4.83.